The Labute approximate surface area is 181 Å². The fourth-order valence-electron chi connectivity index (χ4n) is 6.75. The van der Waals surface area contributed by atoms with Gasteiger partial charge in [-0.2, -0.15) is 0 Å². The first-order valence-corrected chi connectivity index (χ1v) is 13.0. The van der Waals surface area contributed by atoms with Crippen LogP contribution in [0.5, 0.6) is 0 Å². The van der Waals surface area contributed by atoms with Crippen LogP contribution in [0, 0.1) is 39.4 Å². The lowest BCUT2D eigenvalue weighted by Crippen LogP contribution is -2.57. The van der Waals surface area contributed by atoms with Crippen LogP contribution in [0.15, 0.2) is 0 Å². The van der Waals surface area contributed by atoms with Crippen molar-refractivity contribution in [3.05, 3.63) is 0 Å². The van der Waals surface area contributed by atoms with E-state index in [2.05, 4.69) is 18.6 Å². The fourth-order valence-corrected chi connectivity index (χ4v) is 8.97. The molecule has 30 heavy (non-hydrogen) atoms. The smallest absolute Gasteiger partial charge is 0.241 e. The molecule has 1 heterocycles. The van der Waals surface area contributed by atoms with Gasteiger partial charge in [0.1, 0.15) is 11.8 Å². The number of Topliss-reactive ketones (excluding diaryl/α,β-unsaturated/α-hetero) is 1. The van der Waals surface area contributed by atoms with E-state index in [1.165, 1.54) is 0 Å². The van der Waals surface area contributed by atoms with Gasteiger partial charge in [-0.3, -0.25) is 9.59 Å². The van der Waals surface area contributed by atoms with E-state index < -0.39 is 26.9 Å². The van der Waals surface area contributed by atoms with E-state index in [1.54, 1.807) is 0 Å². The minimum absolute atomic E-state index is 0.0784. The molecule has 4 rings (SSSR count). The van der Waals surface area contributed by atoms with Crippen LogP contribution in [0.4, 0.5) is 0 Å². The van der Waals surface area contributed by atoms with Crippen molar-refractivity contribution in [3.8, 4) is 0 Å². The molecular weight excluding hydrogens is 400 g/mol. The maximum absolute atomic E-state index is 13.4. The number of ketones is 1. The summed E-state index contributed by atoms with van der Waals surface area (Å²) in [6, 6.07) is -0.823. The van der Waals surface area contributed by atoms with Gasteiger partial charge in [0.05, 0.1) is 5.75 Å². The molecule has 0 aromatic carbocycles. The van der Waals surface area contributed by atoms with E-state index in [9.17, 15) is 18.0 Å². The Morgan fingerprint density at radius 2 is 1.73 bits per heavy atom. The molecule has 0 radical (unpaired) electrons. The number of nitrogens with one attached hydrogen (secondary N) is 1. The Bertz CT molecular complexity index is 871. The Morgan fingerprint density at radius 3 is 2.17 bits per heavy atom. The molecule has 4 fully saturated rings. The fraction of sp³-hybridized carbons (Fsp3) is 0.913. The molecule has 1 unspecified atom stereocenters. The number of carbonyl (C=O) groups excluding carboxylic acids is 2. The summed E-state index contributed by atoms with van der Waals surface area (Å²) in [6.45, 7) is 15.7. The SMILES string of the molecule is CC(C)(C)[C@H](NS(=O)(=O)CC12CC[C@H](CC1=O)C2(C)C)C(=O)N1C[C@@H]2[C@H](C1)C2(C)C. The number of hydrogen-bond acceptors (Lipinski definition) is 4. The number of amides is 1. The maximum atomic E-state index is 13.4. The normalized spacial score (nSPS) is 37.4. The second-order valence-electron chi connectivity index (χ2n) is 12.6. The molecule has 2 bridgehead atoms. The molecule has 1 aliphatic heterocycles. The first-order chi connectivity index (χ1) is 13.5. The standard InChI is InChI=1S/C23H38N2O4S/c1-20(2,3)18(19(27)25-11-15-16(12-25)21(15,4)5)24-30(28,29)13-23-9-8-14(10-17(23)26)22(23,6)7/h14-16,18,24H,8-13H2,1-7H3/t14-,15-,16+,18-,23?/m1/s1. The van der Waals surface area contributed by atoms with Crippen molar-refractivity contribution in [2.24, 2.45) is 39.4 Å². The molecule has 0 spiro atoms. The van der Waals surface area contributed by atoms with Gasteiger partial charge < -0.3 is 4.90 Å². The number of nitrogens with zero attached hydrogens (tertiary/aromatic N) is 1. The zero-order valence-electron chi connectivity index (χ0n) is 19.5. The van der Waals surface area contributed by atoms with E-state index in [0.29, 0.717) is 43.2 Å². The molecule has 7 heteroatoms. The van der Waals surface area contributed by atoms with Crippen molar-refractivity contribution >= 4 is 21.7 Å². The molecule has 3 aliphatic carbocycles. The third kappa shape index (κ3) is 3.09. The van der Waals surface area contributed by atoms with Gasteiger partial charge in [0.15, 0.2) is 0 Å². The number of carbonyl (C=O) groups is 2. The second kappa shape index (κ2) is 6.31. The maximum Gasteiger partial charge on any atom is 0.241 e. The van der Waals surface area contributed by atoms with Crippen LogP contribution >= 0.6 is 0 Å². The van der Waals surface area contributed by atoms with Crippen molar-refractivity contribution in [2.45, 2.75) is 73.8 Å². The van der Waals surface area contributed by atoms with E-state index in [1.807, 2.05) is 39.5 Å². The minimum Gasteiger partial charge on any atom is -0.341 e. The lowest BCUT2D eigenvalue weighted by molar-refractivity contribution is -0.135. The quantitative estimate of drug-likeness (QED) is 0.715. The van der Waals surface area contributed by atoms with Gasteiger partial charge in [-0.05, 0) is 46.8 Å². The van der Waals surface area contributed by atoms with Crippen LogP contribution in [0.3, 0.4) is 0 Å². The summed E-state index contributed by atoms with van der Waals surface area (Å²) in [5, 5.41) is 0. The van der Waals surface area contributed by atoms with Gasteiger partial charge in [-0.15, -0.1) is 0 Å². The van der Waals surface area contributed by atoms with Gasteiger partial charge in [-0.1, -0.05) is 48.5 Å². The highest BCUT2D eigenvalue weighted by Gasteiger charge is 2.66. The first kappa shape index (κ1) is 22.3. The number of hydrogen-bond donors (Lipinski definition) is 1. The molecule has 6 nitrogen and oxygen atoms in total. The minimum atomic E-state index is -3.81. The van der Waals surface area contributed by atoms with Crippen LogP contribution in [0.1, 0.15) is 67.7 Å². The van der Waals surface area contributed by atoms with Crippen molar-refractivity contribution in [2.75, 3.05) is 18.8 Å². The van der Waals surface area contributed by atoms with Crippen molar-refractivity contribution < 1.29 is 18.0 Å². The summed E-state index contributed by atoms with van der Waals surface area (Å²) in [4.78, 5) is 28.0. The monoisotopic (exact) mass is 438 g/mol. The Balaban J connectivity index is 1.52. The molecule has 4 aliphatic rings. The van der Waals surface area contributed by atoms with Gasteiger partial charge in [-0.25, -0.2) is 13.1 Å². The van der Waals surface area contributed by atoms with Crippen LogP contribution < -0.4 is 4.72 Å². The van der Waals surface area contributed by atoms with Gasteiger partial charge in [0.2, 0.25) is 15.9 Å². The lowest BCUT2D eigenvalue weighted by Gasteiger charge is -2.38. The number of rotatable bonds is 5. The van der Waals surface area contributed by atoms with Crippen molar-refractivity contribution in [1.29, 1.82) is 0 Å². The Hall–Kier alpha value is -0.950. The van der Waals surface area contributed by atoms with Crippen molar-refractivity contribution in [3.63, 3.8) is 0 Å². The largest absolute Gasteiger partial charge is 0.341 e. The summed E-state index contributed by atoms with van der Waals surface area (Å²) in [5.74, 6) is 1.04. The molecule has 0 aromatic rings. The average molecular weight is 439 g/mol. The highest BCUT2D eigenvalue weighted by molar-refractivity contribution is 7.89. The summed E-state index contributed by atoms with van der Waals surface area (Å²) in [6.07, 6.45) is 2.02. The Morgan fingerprint density at radius 1 is 1.17 bits per heavy atom. The molecule has 1 saturated heterocycles. The van der Waals surface area contributed by atoms with Crippen molar-refractivity contribution in [1.82, 2.24) is 9.62 Å². The van der Waals surface area contributed by atoms with Gasteiger partial charge in [0, 0.05) is 24.9 Å². The third-order valence-electron chi connectivity index (χ3n) is 9.42. The predicted octanol–water partition coefficient (Wildman–Crippen LogP) is 2.83. The number of sulfonamides is 1. The van der Waals surface area contributed by atoms with Crippen LogP contribution in [-0.2, 0) is 19.6 Å². The summed E-state index contributed by atoms with van der Waals surface area (Å²) in [7, 11) is -3.81. The van der Waals surface area contributed by atoms with Crippen LogP contribution in [0.2, 0.25) is 0 Å². The summed E-state index contributed by atoms with van der Waals surface area (Å²) >= 11 is 0. The predicted molar refractivity (Wildman–Crippen MR) is 116 cm³/mol. The first-order valence-electron chi connectivity index (χ1n) is 11.3. The van der Waals surface area contributed by atoms with E-state index in [0.717, 1.165) is 6.42 Å². The number of piperidine rings is 1. The summed E-state index contributed by atoms with van der Waals surface area (Å²) in [5.41, 5.74) is -1.41. The lowest BCUT2D eigenvalue weighted by atomic mass is 9.70. The zero-order chi connectivity index (χ0) is 22.5. The molecule has 1 N–H and O–H groups in total. The second-order valence-corrected chi connectivity index (χ2v) is 14.4. The highest BCUT2D eigenvalue weighted by Crippen LogP contribution is 2.64. The third-order valence-corrected chi connectivity index (χ3v) is 10.9. The number of fused-ring (bicyclic) bond motifs is 3. The molecule has 5 atom stereocenters. The molecule has 170 valence electrons. The number of likely N-dealkylation sites (tertiary alicyclic amines) is 1. The molecule has 1 amide bonds. The van der Waals surface area contributed by atoms with E-state index >= 15 is 0 Å². The van der Waals surface area contributed by atoms with Gasteiger partial charge in [0.25, 0.3) is 0 Å². The summed E-state index contributed by atoms with van der Waals surface area (Å²) < 4.78 is 29.4. The van der Waals surface area contributed by atoms with Crippen LogP contribution in [-0.4, -0.2) is 49.9 Å². The topological polar surface area (TPSA) is 83.5 Å². The zero-order valence-corrected chi connectivity index (χ0v) is 20.4. The average Bonchev–Trinajstić information content (AvgIpc) is 2.96. The Kier molecular flexibility index (Phi) is 4.68. The van der Waals surface area contributed by atoms with Crippen LogP contribution in [0.25, 0.3) is 0 Å². The van der Waals surface area contributed by atoms with Gasteiger partial charge >= 0.3 is 0 Å². The highest BCUT2D eigenvalue weighted by atomic mass is 32.2. The van der Waals surface area contributed by atoms with E-state index in [4.69, 9.17) is 0 Å². The molecule has 0 aromatic heterocycles. The van der Waals surface area contributed by atoms with E-state index in [-0.39, 0.29) is 28.8 Å². The molecule has 3 saturated carbocycles. The molecular formula is C23H38N2O4S.